The van der Waals surface area contributed by atoms with Crippen LogP contribution in [0.2, 0.25) is 0 Å². The SMILES string of the molecule is CNCc1cc(F)c(F)c(S(=O)(=O)N2CCCC2)c1. The van der Waals surface area contributed by atoms with Gasteiger partial charge in [-0.05, 0) is 37.6 Å². The maximum absolute atomic E-state index is 13.8. The van der Waals surface area contributed by atoms with E-state index in [1.165, 1.54) is 10.4 Å². The molecule has 1 aromatic carbocycles. The number of nitrogens with zero attached hydrogens (tertiary/aromatic N) is 1. The molecule has 7 heteroatoms. The molecule has 0 amide bonds. The predicted octanol–water partition coefficient (Wildman–Crippen LogP) is 1.47. The molecule has 106 valence electrons. The summed E-state index contributed by atoms with van der Waals surface area (Å²) >= 11 is 0. The minimum absolute atomic E-state index is 0.278. The van der Waals surface area contributed by atoms with Crippen LogP contribution in [-0.2, 0) is 16.6 Å². The van der Waals surface area contributed by atoms with Crippen LogP contribution in [0.4, 0.5) is 8.78 Å². The lowest BCUT2D eigenvalue weighted by molar-refractivity contribution is 0.452. The summed E-state index contributed by atoms with van der Waals surface area (Å²) in [6.07, 6.45) is 1.50. The molecule has 1 heterocycles. The summed E-state index contributed by atoms with van der Waals surface area (Å²) in [4.78, 5) is -0.570. The zero-order chi connectivity index (χ0) is 14.0. The third kappa shape index (κ3) is 2.77. The highest BCUT2D eigenvalue weighted by Gasteiger charge is 2.31. The third-order valence-corrected chi connectivity index (χ3v) is 5.02. The fourth-order valence-corrected chi connectivity index (χ4v) is 3.82. The van der Waals surface area contributed by atoms with Gasteiger partial charge in [0.2, 0.25) is 10.0 Å². The Morgan fingerprint density at radius 2 is 1.89 bits per heavy atom. The van der Waals surface area contributed by atoms with Gasteiger partial charge in [-0.2, -0.15) is 4.31 Å². The van der Waals surface area contributed by atoms with Crippen LogP contribution < -0.4 is 5.32 Å². The summed E-state index contributed by atoms with van der Waals surface area (Å²) in [6, 6.07) is 2.21. The number of sulfonamides is 1. The zero-order valence-electron chi connectivity index (χ0n) is 10.6. The second-order valence-corrected chi connectivity index (χ2v) is 6.44. The fraction of sp³-hybridized carbons (Fsp3) is 0.500. The topological polar surface area (TPSA) is 49.4 Å². The Morgan fingerprint density at radius 1 is 1.26 bits per heavy atom. The monoisotopic (exact) mass is 290 g/mol. The molecule has 0 spiro atoms. The maximum atomic E-state index is 13.8. The number of nitrogens with one attached hydrogen (secondary N) is 1. The summed E-state index contributed by atoms with van der Waals surface area (Å²) in [7, 11) is -2.29. The van der Waals surface area contributed by atoms with E-state index in [0.717, 1.165) is 18.9 Å². The van der Waals surface area contributed by atoms with Crippen molar-refractivity contribution in [2.45, 2.75) is 24.3 Å². The van der Waals surface area contributed by atoms with Gasteiger partial charge in [0.25, 0.3) is 0 Å². The number of hydrogen-bond donors (Lipinski definition) is 1. The molecule has 1 saturated heterocycles. The number of rotatable bonds is 4. The second kappa shape index (κ2) is 5.52. The van der Waals surface area contributed by atoms with Crippen molar-refractivity contribution in [2.24, 2.45) is 0 Å². The summed E-state index contributed by atoms with van der Waals surface area (Å²) < 4.78 is 53.0. The zero-order valence-corrected chi connectivity index (χ0v) is 11.4. The molecule has 19 heavy (non-hydrogen) atoms. The molecular weight excluding hydrogens is 274 g/mol. The van der Waals surface area contributed by atoms with Crippen molar-refractivity contribution in [3.63, 3.8) is 0 Å². The number of halogens is 2. The summed E-state index contributed by atoms with van der Waals surface area (Å²) in [5, 5.41) is 2.78. The van der Waals surface area contributed by atoms with Crippen molar-refractivity contribution in [3.05, 3.63) is 29.3 Å². The number of hydrogen-bond acceptors (Lipinski definition) is 3. The Labute approximate surface area is 111 Å². The lowest BCUT2D eigenvalue weighted by Crippen LogP contribution is -2.29. The van der Waals surface area contributed by atoms with Crippen LogP contribution >= 0.6 is 0 Å². The fourth-order valence-electron chi connectivity index (χ4n) is 2.18. The van der Waals surface area contributed by atoms with Crippen molar-refractivity contribution in [1.29, 1.82) is 0 Å². The van der Waals surface area contributed by atoms with Gasteiger partial charge in [0.1, 0.15) is 4.90 Å². The van der Waals surface area contributed by atoms with Crippen molar-refractivity contribution < 1.29 is 17.2 Å². The van der Waals surface area contributed by atoms with Crippen molar-refractivity contribution >= 4 is 10.0 Å². The van der Waals surface area contributed by atoms with E-state index in [1.807, 2.05) is 0 Å². The summed E-state index contributed by atoms with van der Waals surface area (Å²) in [5.41, 5.74) is 0.402. The lowest BCUT2D eigenvalue weighted by atomic mass is 10.2. The van der Waals surface area contributed by atoms with Gasteiger partial charge < -0.3 is 5.32 Å². The maximum Gasteiger partial charge on any atom is 0.246 e. The Bertz CT molecular complexity index is 569. The van der Waals surface area contributed by atoms with Gasteiger partial charge in [-0.3, -0.25) is 0 Å². The van der Waals surface area contributed by atoms with Crippen LogP contribution in [0.1, 0.15) is 18.4 Å². The molecule has 0 bridgehead atoms. The minimum atomic E-state index is -3.94. The number of benzene rings is 1. The molecule has 2 rings (SSSR count). The van der Waals surface area contributed by atoms with Gasteiger partial charge >= 0.3 is 0 Å². The van der Waals surface area contributed by atoms with E-state index in [2.05, 4.69) is 5.32 Å². The van der Waals surface area contributed by atoms with Gasteiger partial charge in [-0.25, -0.2) is 17.2 Å². The first kappa shape index (κ1) is 14.4. The van der Waals surface area contributed by atoms with Gasteiger partial charge in [0.15, 0.2) is 11.6 Å². The van der Waals surface area contributed by atoms with E-state index >= 15 is 0 Å². The molecule has 1 aromatic rings. The Morgan fingerprint density at radius 3 is 2.47 bits per heavy atom. The van der Waals surface area contributed by atoms with E-state index < -0.39 is 26.6 Å². The largest absolute Gasteiger partial charge is 0.316 e. The molecular formula is C12H16F2N2O2S. The molecule has 0 atom stereocenters. The van der Waals surface area contributed by atoms with E-state index in [-0.39, 0.29) is 6.54 Å². The van der Waals surface area contributed by atoms with Gasteiger partial charge in [0.05, 0.1) is 0 Å². The first-order chi connectivity index (χ1) is 8.96. The molecule has 0 aromatic heterocycles. The van der Waals surface area contributed by atoms with Crippen molar-refractivity contribution in [1.82, 2.24) is 9.62 Å². The van der Waals surface area contributed by atoms with E-state index in [0.29, 0.717) is 18.7 Å². The molecule has 1 N–H and O–H groups in total. The standard InChI is InChI=1S/C12H16F2N2O2S/c1-15-8-9-6-10(13)12(14)11(7-9)19(17,18)16-4-2-3-5-16/h6-7,15H,2-5,8H2,1H3. The molecule has 1 fully saturated rings. The quantitative estimate of drug-likeness (QED) is 0.913. The molecule has 0 unspecified atom stereocenters. The molecule has 0 saturated carbocycles. The van der Waals surface area contributed by atoms with Crippen LogP contribution in [0.15, 0.2) is 17.0 Å². The average Bonchev–Trinajstić information content (AvgIpc) is 2.88. The van der Waals surface area contributed by atoms with Crippen molar-refractivity contribution in [3.8, 4) is 0 Å². The highest BCUT2D eigenvalue weighted by molar-refractivity contribution is 7.89. The van der Waals surface area contributed by atoms with Crippen LogP contribution in [0.3, 0.4) is 0 Å². The molecule has 1 aliphatic heterocycles. The normalized spacial score (nSPS) is 17.0. The Hall–Kier alpha value is -1.05. The highest BCUT2D eigenvalue weighted by atomic mass is 32.2. The van der Waals surface area contributed by atoms with Gasteiger partial charge in [-0.15, -0.1) is 0 Å². The third-order valence-electron chi connectivity index (χ3n) is 3.12. The second-order valence-electron chi connectivity index (χ2n) is 4.53. The van der Waals surface area contributed by atoms with E-state index in [9.17, 15) is 17.2 Å². The first-order valence-corrected chi connectivity index (χ1v) is 7.53. The minimum Gasteiger partial charge on any atom is -0.316 e. The Kier molecular flexibility index (Phi) is 4.17. The molecule has 4 nitrogen and oxygen atoms in total. The summed E-state index contributed by atoms with van der Waals surface area (Å²) in [6.45, 7) is 0.999. The molecule has 0 radical (unpaired) electrons. The van der Waals surface area contributed by atoms with Crippen LogP contribution in [0.25, 0.3) is 0 Å². The molecule has 1 aliphatic rings. The van der Waals surface area contributed by atoms with Crippen LogP contribution in [0, 0.1) is 11.6 Å². The van der Waals surface area contributed by atoms with Crippen LogP contribution in [-0.4, -0.2) is 32.9 Å². The predicted molar refractivity (Wildman–Crippen MR) is 67.1 cm³/mol. The van der Waals surface area contributed by atoms with Gasteiger partial charge in [0, 0.05) is 19.6 Å². The average molecular weight is 290 g/mol. The van der Waals surface area contributed by atoms with E-state index in [1.54, 1.807) is 7.05 Å². The van der Waals surface area contributed by atoms with E-state index in [4.69, 9.17) is 0 Å². The van der Waals surface area contributed by atoms with Crippen LogP contribution in [0.5, 0.6) is 0 Å². The molecule has 0 aliphatic carbocycles. The van der Waals surface area contributed by atoms with Crippen molar-refractivity contribution in [2.75, 3.05) is 20.1 Å². The highest BCUT2D eigenvalue weighted by Crippen LogP contribution is 2.25. The first-order valence-electron chi connectivity index (χ1n) is 6.09. The van der Waals surface area contributed by atoms with Gasteiger partial charge in [-0.1, -0.05) is 0 Å². The smallest absolute Gasteiger partial charge is 0.246 e. The summed E-state index contributed by atoms with van der Waals surface area (Å²) in [5.74, 6) is -2.43. The lowest BCUT2D eigenvalue weighted by Gasteiger charge is -2.17. The Balaban J connectivity index is 2.48.